The maximum Gasteiger partial charge on any atom is 0.264 e. The lowest BCUT2D eigenvalue weighted by atomic mass is 9.82. The monoisotopic (exact) mass is 621 g/mol. The summed E-state index contributed by atoms with van der Waals surface area (Å²) in [5.41, 5.74) is 1.12. The molecule has 4 heterocycles. The average Bonchev–Trinajstić information content (AvgIpc) is 3.40. The fourth-order valence-electron chi connectivity index (χ4n) is 6.15. The van der Waals surface area contributed by atoms with Gasteiger partial charge in [-0.15, -0.1) is 0 Å². The number of piperazine rings is 1. The number of sulfonamides is 1. The molecule has 2 aliphatic heterocycles. The predicted molar refractivity (Wildman–Crippen MR) is 165 cm³/mol. The Bertz CT molecular complexity index is 1730. The summed E-state index contributed by atoms with van der Waals surface area (Å²) in [4.78, 5) is 13.7. The van der Waals surface area contributed by atoms with E-state index in [1.807, 2.05) is 36.4 Å². The molecule has 10 nitrogen and oxygen atoms in total. The molecule has 43 heavy (non-hydrogen) atoms. The molecule has 0 radical (unpaired) electrons. The Morgan fingerprint density at radius 3 is 2.26 bits per heavy atom. The molecule has 2 aliphatic rings. The summed E-state index contributed by atoms with van der Waals surface area (Å²) in [5, 5.41) is 0.503. The number of benzene rings is 2. The van der Waals surface area contributed by atoms with Crippen molar-refractivity contribution in [3.05, 3.63) is 95.3 Å². The summed E-state index contributed by atoms with van der Waals surface area (Å²) in [6.07, 6.45) is 3.46. The topological polar surface area (TPSA) is 97.3 Å². The number of pyridine rings is 2. The molecule has 0 N–H and O–H groups in total. The minimum Gasteiger partial charge on any atom is -0.493 e. The van der Waals surface area contributed by atoms with Crippen LogP contribution in [-0.2, 0) is 15.6 Å². The quantitative estimate of drug-likeness (QED) is 0.283. The smallest absolute Gasteiger partial charge is 0.264 e. The summed E-state index contributed by atoms with van der Waals surface area (Å²) in [5.74, 6) is 2.09. The van der Waals surface area contributed by atoms with E-state index in [2.05, 4.69) is 19.8 Å². The summed E-state index contributed by atoms with van der Waals surface area (Å²) >= 11 is 6.63. The van der Waals surface area contributed by atoms with Gasteiger partial charge in [-0.3, -0.25) is 9.21 Å². The number of ether oxygens (including phenoxy) is 3. The third kappa shape index (κ3) is 4.91. The molecule has 4 aromatic rings. The number of aromatic nitrogens is 2. The first-order valence-corrected chi connectivity index (χ1v) is 15.6. The van der Waals surface area contributed by atoms with Crippen LogP contribution in [0.4, 0.5) is 11.5 Å². The van der Waals surface area contributed by atoms with E-state index in [0.717, 1.165) is 16.9 Å². The van der Waals surface area contributed by atoms with Gasteiger partial charge in [0.05, 0.1) is 44.0 Å². The van der Waals surface area contributed by atoms with E-state index in [9.17, 15) is 8.42 Å². The summed E-state index contributed by atoms with van der Waals surface area (Å²) in [7, 11) is 0.494. The fraction of sp³-hybridized carbons (Fsp3) is 0.290. The number of nitrogens with zero attached hydrogens (tertiary/aromatic N) is 5. The maximum atomic E-state index is 14.5. The number of halogens is 1. The molecule has 2 aromatic carbocycles. The van der Waals surface area contributed by atoms with Gasteiger partial charge in [0.2, 0.25) is 5.88 Å². The largest absolute Gasteiger partial charge is 0.493 e. The summed E-state index contributed by atoms with van der Waals surface area (Å²) in [6.45, 7) is 2.74. The lowest BCUT2D eigenvalue weighted by molar-refractivity contribution is 0.124. The molecule has 0 bridgehead atoms. The Morgan fingerprint density at radius 2 is 1.56 bits per heavy atom. The third-order valence-corrected chi connectivity index (χ3v) is 10.2. The van der Waals surface area contributed by atoms with Crippen molar-refractivity contribution >= 4 is 33.1 Å². The van der Waals surface area contributed by atoms with Crippen molar-refractivity contribution in [1.29, 1.82) is 0 Å². The zero-order chi connectivity index (χ0) is 30.2. The first kappa shape index (κ1) is 29.0. The minimum absolute atomic E-state index is 0.0833. The van der Waals surface area contributed by atoms with Gasteiger partial charge in [0.25, 0.3) is 10.0 Å². The highest BCUT2D eigenvalue weighted by Crippen LogP contribution is 2.52. The van der Waals surface area contributed by atoms with Crippen LogP contribution in [0.3, 0.4) is 0 Å². The Morgan fingerprint density at radius 1 is 0.791 bits per heavy atom. The van der Waals surface area contributed by atoms with Crippen molar-refractivity contribution in [2.75, 3.05) is 63.3 Å². The standard InChI is InChI=1S/C31H32ClN5O5S/c1-40-27-12-10-23(20-28(27)41-2)43(38,39)37-21-31(24-7-6-14-34-30(24)42-3,25-19-22(32)9-11-26(25)37)36-17-15-35(16-18-36)29-8-4-5-13-33-29/h4-14,19-20H,15-18,21H2,1-3H3. The summed E-state index contributed by atoms with van der Waals surface area (Å²) < 4.78 is 46.9. The Kier molecular flexibility index (Phi) is 7.80. The van der Waals surface area contributed by atoms with Gasteiger partial charge in [0, 0.05) is 60.8 Å². The van der Waals surface area contributed by atoms with Crippen LogP contribution >= 0.6 is 11.6 Å². The molecule has 12 heteroatoms. The van der Waals surface area contributed by atoms with Crippen LogP contribution in [0, 0.1) is 0 Å². The normalized spacial score (nSPS) is 18.8. The van der Waals surface area contributed by atoms with Crippen LogP contribution in [0.25, 0.3) is 0 Å². The van der Waals surface area contributed by atoms with Crippen LogP contribution in [0.5, 0.6) is 17.4 Å². The molecular formula is C31H32ClN5O5S. The highest BCUT2D eigenvalue weighted by molar-refractivity contribution is 7.92. The molecule has 0 amide bonds. The highest BCUT2D eigenvalue weighted by atomic mass is 35.5. The zero-order valence-corrected chi connectivity index (χ0v) is 25.7. The maximum absolute atomic E-state index is 14.5. The molecule has 1 unspecified atom stereocenters. The zero-order valence-electron chi connectivity index (χ0n) is 24.1. The van der Waals surface area contributed by atoms with E-state index in [4.69, 9.17) is 25.8 Å². The van der Waals surface area contributed by atoms with E-state index in [1.54, 1.807) is 37.7 Å². The lowest BCUT2D eigenvalue weighted by Gasteiger charge is -2.46. The molecule has 0 saturated carbocycles. The van der Waals surface area contributed by atoms with E-state index < -0.39 is 15.6 Å². The number of hydrogen-bond acceptors (Lipinski definition) is 9. The molecule has 1 saturated heterocycles. The van der Waals surface area contributed by atoms with Gasteiger partial charge in [0.15, 0.2) is 11.5 Å². The SMILES string of the molecule is COc1ccc(S(=O)(=O)N2CC(c3cccnc3OC)(N3CCN(c4ccccn4)CC3)c3cc(Cl)ccc32)cc1OC. The van der Waals surface area contributed by atoms with Crippen LogP contribution in [0.1, 0.15) is 11.1 Å². The van der Waals surface area contributed by atoms with E-state index in [0.29, 0.717) is 54.3 Å². The van der Waals surface area contributed by atoms with Gasteiger partial charge in [0.1, 0.15) is 5.82 Å². The molecule has 0 aliphatic carbocycles. The lowest BCUT2D eigenvalue weighted by Crippen LogP contribution is -2.58. The van der Waals surface area contributed by atoms with E-state index in [1.165, 1.54) is 30.7 Å². The van der Waals surface area contributed by atoms with Crippen LogP contribution in [0.15, 0.2) is 84.0 Å². The second kappa shape index (κ2) is 11.6. The van der Waals surface area contributed by atoms with Gasteiger partial charge >= 0.3 is 0 Å². The van der Waals surface area contributed by atoms with Crippen molar-refractivity contribution < 1.29 is 22.6 Å². The van der Waals surface area contributed by atoms with Crippen molar-refractivity contribution in [2.24, 2.45) is 0 Å². The second-order valence-electron chi connectivity index (χ2n) is 10.3. The van der Waals surface area contributed by atoms with Gasteiger partial charge in [-0.2, -0.15) is 0 Å². The second-order valence-corrected chi connectivity index (χ2v) is 12.6. The van der Waals surface area contributed by atoms with E-state index in [-0.39, 0.29) is 11.4 Å². The minimum atomic E-state index is -4.07. The van der Waals surface area contributed by atoms with Crippen molar-refractivity contribution in [1.82, 2.24) is 14.9 Å². The molecule has 224 valence electrons. The number of anilines is 2. The first-order valence-electron chi connectivity index (χ1n) is 13.8. The molecule has 1 atom stereocenters. The Labute approximate surface area is 256 Å². The van der Waals surface area contributed by atoms with E-state index >= 15 is 0 Å². The van der Waals surface area contributed by atoms with Gasteiger partial charge in [-0.05, 0) is 54.6 Å². The molecule has 0 spiro atoms. The van der Waals surface area contributed by atoms with Crippen molar-refractivity contribution in [3.63, 3.8) is 0 Å². The number of hydrogen-bond donors (Lipinski definition) is 0. The van der Waals surface area contributed by atoms with Gasteiger partial charge in [-0.1, -0.05) is 17.7 Å². The summed E-state index contributed by atoms with van der Waals surface area (Å²) in [6, 6.07) is 19.6. The number of methoxy groups -OCH3 is 3. The molecule has 1 fully saturated rings. The number of fused-ring (bicyclic) bond motifs is 1. The fourth-order valence-corrected chi connectivity index (χ4v) is 7.85. The number of rotatable bonds is 8. The van der Waals surface area contributed by atoms with Gasteiger partial charge in [-0.25, -0.2) is 18.4 Å². The molecular weight excluding hydrogens is 590 g/mol. The van der Waals surface area contributed by atoms with Gasteiger partial charge < -0.3 is 19.1 Å². The van der Waals surface area contributed by atoms with Crippen molar-refractivity contribution in [2.45, 2.75) is 10.4 Å². The predicted octanol–water partition coefficient (Wildman–Crippen LogP) is 4.43. The van der Waals surface area contributed by atoms with Crippen LogP contribution in [0.2, 0.25) is 5.02 Å². The third-order valence-electron chi connectivity index (χ3n) is 8.19. The first-order chi connectivity index (χ1) is 20.8. The Balaban J connectivity index is 1.50. The van der Waals surface area contributed by atoms with Crippen LogP contribution in [-0.4, -0.2) is 77.3 Å². The molecule has 2 aromatic heterocycles. The molecule has 6 rings (SSSR count). The average molecular weight is 622 g/mol. The van der Waals surface area contributed by atoms with Crippen molar-refractivity contribution in [3.8, 4) is 17.4 Å². The Hall–Kier alpha value is -4.06. The highest BCUT2D eigenvalue weighted by Gasteiger charge is 2.54. The van der Waals surface area contributed by atoms with Crippen LogP contribution < -0.4 is 23.4 Å².